The van der Waals surface area contributed by atoms with E-state index in [0.717, 1.165) is 164 Å². The van der Waals surface area contributed by atoms with Crippen LogP contribution in [0.3, 0.4) is 0 Å². The van der Waals surface area contributed by atoms with Gasteiger partial charge in [-0.15, -0.1) is 0 Å². The molecule has 18 aromatic rings. The van der Waals surface area contributed by atoms with E-state index in [2.05, 4.69) is 386 Å². The molecule has 0 saturated carbocycles. The van der Waals surface area contributed by atoms with Gasteiger partial charge in [0.2, 0.25) is 0 Å². The van der Waals surface area contributed by atoms with Gasteiger partial charge in [0.05, 0.1) is 28.4 Å². The Morgan fingerprint density at radius 2 is 0.713 bits per heavy atom. The number of hydrogen-bond acceptors (Lipinski definition) is 6. The number of hydrogen-bond donors (Lipinski definition) is 0. The maximum absolute atomic E-state index is 10.8. The molecule has 115 heavy (non-hydrogen) atoms. The Balaban J connectivity index is 0.887. The van der Waals surface area contributed by atoms with Gasteiger partial charge in [0, 0.05) is 72.3 Å². The number of para-hydroxylation sites is 1. The van der Waals surface area contributed by atoms with E-state index in [0.29, 0.717) is 28.6 Å². The van der Waals surface area contributed by atoms with Crippen LogP contribution in [0.25, 0.3) is 140 Å². The Hall–Kier alpha value is -12.3. The summed E-state index contributed by atoms with van der Waals surface area (Å²) in [6.07, 6.45) is 3.25. The minimum absolute atomic E-state index is 0.234. The third-order valence-electron chi connectivity index (χ3n) is 22.5. The number of unbranched alkanes of at least 4 members (excludes halogenated alkanes) is 1. The first-order valence-electron chi connectivity index (χ1n) is 38.9. The molecule has 0 amide bonds. The van der Waals surface area contributed by atoms with Crippen LogP contribution in [0.15, 0.2) is 364 Å². The topological polar surface area (TPSA) is 73.9 Å². The molecule has 11 heteroatoms. The van der Waals surface area contributed by atoms with Gasteiger partial charge in [-0.1, -0.05) is 250 Å². The highest BCUT2D eigenvalue weighted by atomic mass is 127. The summed E-state index contributed by atoms with van der Waals surface area (Å²) in [5.74, 6) is 1.53. The molecule has 0 saturated heterocycles. The van der Waals surface area contributed by atoms with Crippen molar-refractivity contribution in [3.63, 3.8) is 0 Å². The molecule has 0 spiro atoms. The molecule has 0 N–H and O–H groups in total. The van der Waals surface area contributed by atoms with E-state index >= 15 is 0 Å². The standard InChI is InChI=1S/C104H69BI3N7/c1-2-3-24-66-47-77(52-84(106)48-66)75-40-43-92-97(60-75)113(87-55-78(68-25-10-4-11-26-68)50-79(56-87)69-27-12-5-13-28-69)99-62-83(63-100-101(99)105(92)93-44-41-76(82-53-85(107)64-86(108)54-82)61-98(93)114(100)88-57-80(70-29-14-6-15-30-70)51-81(58-88)71-31-16-7-17-32-71)74-42-46-95-90(59-74)89-37-22-23-38-94(89)115(95)96-45-39-67(65-109)49-91(96)104-111-102(72-33-18-8-19-34-72)110-103(112-104)73-35-20-9-21-36-73/h4-23,25-64H,2-3,24H2,1H3. The molecule has 544 valence electrons. The summed E-state index contributed by atoms with van der Waals surface area (Å²) in [5, 5.41) is 12.9. The van der Waals surface area contributed by atoms with Gasteiger partial charge >= 0.3 is 0 Å². The fourth-order valence-electron chi connectivity index (χ4n) is 17.1. The van der Waals surface area contributed by atoms with Crippen LogP contribution in [0.5, 0.6) is 0 Å². The lowest BCUT2D eigenvalue weighted by molar-refractivity contribution is 0.795. The molecule has 7 nitrogen and oxygen atoms in total. The van der Waals surface area contributed by atoms with E-state index in [1.807, 2.05) is 72.8 Å². The second-order valence-electron chi connectivity index (χ2n) is 29.7. The first-order valence-corrected chi connectivity index (χ1v) is 42.1. The second-order valence-corrected chi connectivity index (χ2v) is 33.4. The van der Waals surface area contributed by atoms with Gasteiger partial charge in [-0.3, -0.25) is 0 Å². The van der Waals surface area contributed by atoms with Crippen molar-refractivity contribution >= 4 is 147 Å². The molecule has 0 fully saturated rings. The quantitative estimate of drug-likeness (QED) is 0.0709. The summed E-state index contributed by atoms with van der Waals surface area (Å²) in [6, 6.07) is 136. The predicted molar refractivity (Wildman–Crippen MR) is 504 cm³/mol. The van der Waals surface area contributed by atoms with E-state index in [1.54, 1.807) is 0 Å². The van der Waals surface area contributed by atoms with Gasteiger partial charge in [-0.2, -0.15) is 5.26 Å². The highest BCUT2D eigenvalue weighted by Crippen LogP contribution is 2.51. The summed E-state index contributed by atoms with van der Waals surface area (Å²) >= 11 is 7.50. The number of nitrogens with zero attached hydrogens (tertiary/aromatic N) is 7. The summed E-state index contributed by atoms with van der Waals surface area (Å²) in [5.41, 5.74) is 32.9. The largest absolute Gasteiger partial charge is 0.311 e. The van der Waals surface area contributed by atoms with Crippen LogP contribution < -0.4 is 26.2 Å². The van der Waals surface area contributed by atoms with E-state index < -0.39 is 0 Å². The van der Waals surface area contributed by atoms with Gasteiger partial charge in [0.15, 0.2) is 17.5 Å². The van der Waals surface area contributed by atoms with Gasteiger partial charge in [0.1, 0.15) is 0 Å². The SMILES string of the molecule is CCCCc1cc(I)cc(-c2ccc3c(c2)N(c2cc(-c4ccccc4)cc(-c4ccccc4)c2)c2cc(-c4ccc5c(c4)c4ccccc4n5-c4ccc(C#N)cc4-c4nc(-c5ccccc5)nc(-c5ccccc5)n4)cc4c2B3c2ccc(-c3cc(I)cc(I)c3)cc2N4c2cc(-c3ccccc3)cc(-c3ccccc3)c2)c1. The van der Waals surface area contributed by atoms with Crippen LogP contribution in [0.1, 0.15) is 30.9 Å². The summed E-state index contributed by atoms with van der Waals surface area (Å²) < 4.78 is 5.92. The van der Waals surface area contributed by atoms with E-state index in [4.69, 9.17) is 15.0 Å². The van der Waals surface area contributed by atoms with Crippen LogP contribution >= 0.6 is 67.8 Å². The number of halogens is 3. The first-order chi connectivity index (χ1) is 56.6. The highest BCUT2D eigenvalue weighted by Gasteiger charge is 2.45. The number of aromatic nitrogens is 4. The lowest BCUT2D eigenvalue weighted by atomic mass is 9.33. The average molecular weight is 1810 g/mol. The van der Waals surface area contributed by atoms with Crippen molar-refractivity contribution in [1.29, 1.82) is 5.26 Å². The Labute approximate surface area is 710 Å². The maximum atomic E-state index is 10.8. The molecule has 20 rings (SSSR count). The third kappa shape index (κ3) is 13.6. The zero-order valence-corrected chi connectivity index (χ0v) is 69.1. The monoisotopic (exact) mass is 1810 g/mol. The molecule has 2 aliphatic heterocycles. The van der Waals surface area contributed by atoms with Gasteiger partial charge in [0.25, 0.3) is 6.71 Å². The summed E-state index contributed by atoms with van der Waals surface area (Å²) in [4.78, 5) is 20.9. The predicted octanol–water partition coefficient (Wildman–Crippen LogP) is 26.7. The van der Waals surface area contributed by atoms with Crippen molar-refractivity contribution in [1.82, 2.24) is 19.5 Å². The Morgan fingerprint density at radius 1 is 0.313 bits per heavy atom. The average Bonchev–Trinajstić information content (AvgIpc) is 0.967. The molecule has 0 aliphatic carbocycles. The number of nitriles is 1. The lowest BCUT2D eigenvalue weighted by Crippen LogP contribution is -2.61. The van der Waals surface area contributed by atoms with Gasteiger partial charge < -0.3 is 14.4 Å². The molecule has 0 unspecified atom stereocenters. The minimum atomic E-state index is -0.234. The maximum Gasteiger partial charge on any atom is 0.252 e. The summed E-state index contributed by atoms with van der Waals surface area (Å²) in [6.45, 7) is 2.05. The first kappa shape index (κ1) is 71.7. The van der Waals surface area contributed by atoms with Crippen LogP contribution in [-0.4, -0.2) is 26.2 Å². The van der Waals surface area contributed by atoms with Crippen LogP contribution in [0.2, 0.25) is 0 Å². The van der Waals surface area contributed by atoms with Crippen molar-refractivity contribution in [3.8, 4) is 124 Å². The summed E-state index contributed by atoms with van der Waals surface area (Å²) in [7, 11) is 0. The number of rotatable bonds is 16. The lowest BCUT2D eigenvalue weighted by Gasteiger charge is -2.45. The Kier molecular flexibility index (Phi) is 19.0. The number of aryl methyl sites for hydroxylation is 1. The van der Waals surface area contributed by atoms with Crippen LogP contribution in [-0.2, 0) is 6.42 Å². The minimum Gasteiger partial charge on any atom is -0.311 e. The molecular formula is C104H69BI3N7. The Bertz CT molecular complexity index is 6700. The molecule has 2 aliphatic rings. The second kappa shape index (κ2) is 30.5. The fourth-order valence-corrected chi connectivity index (χ4v) is 19.8. The number of fused-ring (bicyclic) bond motifs is 7. The molecule has 2 aromatic heterocycles. The third-order valence-corrected chi connectivity index (χ3v) is 24.3. The van der Waals surface area contributed by atoms with E-state index in [9.17, 15) is 5.26 Å². The molecule has 0 atom stereocenters. The van der Waals surface area contributed by atoms with Crippen LogP contribution in [0.4, 0.5) is 34.1 Å². The molecular weight excluding hydrogens is 1740 g/mol. The van der Waals surface area contributed by atoms with E-state index in [-0.39, 0.29) is 6.71 Å². The van der Waals surface area contributed by atoms with Crippen molar-refractivity contribution in [3.05, 3.63) is 386 Å². The van der Waals surface area contributed by atoms with Gasteiger partial charge in [-0.05, 0) is 308 Å². The van der Waals surface area contributed by atoms with Crippen molar-refractivity contribution in [2.45, 2.75) is 26.2 Å². The molecule has 4 heterocycles. The van der Waals surface area contributed by atoms with E-state index in [1.165, 1.54) is 38.2 Å². The van der Waals surface area contributed by atoms with Gasteiger partial charge in [-0.25, -0.2) is 15.0 Å². The zero-order chi connectivity index (χ0) is 77.2. The molecule has 0 radical (unpaired) electrons. The molecule has 16 aromatic carbocycles. The molecule has 0 bridgehead atoms. The number of anilines is 6. The Morgan fingerprint density at radius 3 is 1.20 bits per heavy atom. The zero-order valence-electron chi connectivity index (χ0n) is 62.6. The fraction of sp³-hybridized carbons (Fsp3) is 0.0385. The smallest absolute Gasteiger partial charge is 0.252 e. The normalized spacial score (nSPS) is 12.0. The van der Waals surface area contributed by atoms with Crippen LogP contribution in [0, 0.1) is 22.0 Å². The van der Waals surface area contributed by atoms with Crippen molar-refractivity contribution in [2.24, 2.45) is 0 Å². The highest BCUT2D eigenvalue weighted by molar-refractivity contribution is 14.1. The van der Waals surface area contributed by atoms with Crippen molar-refractivity contribution in [2.75, 3.05) is 9.80 Å². The van der Waals surface area contributed by atoms with Crippen molar-refractivity contribution < 1.29 is 0 Å². The number of benzene rings is 16.